The van der Waals surface area contributed by atoms with E-state index in [-0.39, 0.29) is 11.7 Å². The van der Waals surface area contributed by atoms with Gasteiger partial charge in [-0.1, -0.05) is 12.1 Å². The summed E-state index contributed by atoms with van der Waals surface area (Å²) in [6.07, 6.45) is 0. The van der Waals surface area contributed by atoms with E-state index in [2.05, 4.69) is 10.6 Å². The lowest BCUT2D eigenvalue weighted by Crippen LogP contribution is -2.15. The fraction of sp³-hybridized carbons (Fsp3) is 0.188. The molecular formula is C16H17FN2O. The molecule has 4 heteroatoms. The van der Waals surface area contributed by atoms with Gasteiger partial charge in [0.25, 0.3) is 5.91 Å². The fourth-order valence-electron chi connectivity index (χ4n) is 2.00. The Morgan fingerprint density at radius 3 is 2.55 bits per heavy atom. The number of amides is 1. The van der Waals surface area contributed by atoms with Crippen LogP contribution in [0.25, 0.3) is 0 Å². The number of anilines is 2. The van der Waals surface area contributed by atoms with Gasteiger partial charge in [0.1, 0.15) is 5.82 Å². The summed E-state index contributed by atoms with van der Waals surface area (Å²) in [6, 6.07) is 10.2. The van der Waals surface area contributed by atoms with Crippen LogP contribution in [-0.4, -0.2) is 13.0 Å². The van der Waals surface area contributed by atoms with Crippen molar-refractivity contribution in [2.75, 3.05) is 17.7 Å². The average Bonchev–Trinajstić information content (AvgIpc) is 2.43. The van der Waals surface area contributed by atoms with E-state index in [1.807, 2.05) is 19.1 Å². The molecule has 0 saturated heterocycles. The molecule has 0 fully saturated rings. The second-order valence-electron chi connectivity index (χ2n) is 4.67. The maximum absolute atomic E-state index is 13.5. The number of carbonyl (C=O) groups excluding carboxylic acids is 1. The highest BCUT2D eigenvalue weighted by Crippen LogP contribution is 2.21. The Morgan fingerprint density at radius 1 is 1.10 bits per heavy atom. The molecule has 0 unspecified atom stereocenters. The first kappa shape index (κ1) is 14.1. The second kappa shape index (κ2) is 5.74. The van der Waals surface area contributed by atoms with E-state index in [1.165, 1.54) is 6.07 Å². The summed E-state index contributed by atoms with van der Waals surface area (Å²) in [5.74, 6) is -0.594. The second-order valence-corrected chi connectivity index (χ2v) is 4.67. The summed E-state index contributed by atoms with van der Waals surface area (Å²) in [5.41, 5.74) is 3.25. The fourth-order valence-corrected chi connectivity index (χ4v) is 2.00. The Morgan fingerprint density at radius 2 is 1.85 bits per heavy atom. The Kier molecular flexibility index (Phi) is 4.03. The van der Waals surface area contributed by atoms with Crippen LogP contribution in [0.15, 0.2) is 36.4 Å². The summed E-state index contributed by atoms with van der Waals surface area (Å²) in [6.45, 7) is 3.60. The Bertz CT molecular complexity index is 653. The molecule has 0 heterocycles. The molecule has 104 valence electrons. The van der Waals surface area contributed by atoms with Crippen LogP contribution in [-0.2, 0) is 0 Å². The summed E-state index contributed by atoms with van der Waals surface area (Å²) in [7, 11) is 1.76. The molecular weight excluding hydrogens is 255 g/mol. The monoisotopic (exact) mass is 272 g/mol. The first-order valence-corrected chi connectivity index (χ1v) is 6.38. The van der Waals surface area contributed by atoms with Gasteiger partial charge in [0.05, 0.1) is 5.56 Å². The maximum atomic E-state index is 13.5. The van der Waals surface area contributed by atoms with Crippen molar-refractivity contribution in [3.05, 3.63) is 58.9 Å². The van der Waals surface area contributed by atoms with Crippen molar-refractivity contribution >= 4 is 17.3 Å². The minimum absolute atomic E-state index is 0.261. The summed E-state index contributed by atoms with van der Waals surface area (Å²) in [5, 5.41) is 5.74. The highest BCUT2D eigenvalue weighted by atomic mass is 19.1. The number of nitrogens with one attached hydrogen (secondary N) is 2. The van der Waals surface area contributed by atoms with E-state index in [4.69, 9.17) is 0 Å². The third kappa shape index (κ3) is 2.79. The van der Waals surface area contributed by atoms with E-state index >= 15 is 0 Å². The van der Waals surface area contributed by atoms with Crippen LogP contribution >= 0.6 is 0 Å². The molecule has 0 aromatic heterocycles. The third-order valence-electron chi connectivity index (χ3n) is 3.20. The van der Waals surface area contributed by atoms with Crippen molar-refractivity contribution in [3.8, 4) is 0 Å². The lowest BCUT2D eigenvalue weighted by molar-refractivity contribution is 0.102. The number of benzene rings is 2. The predicted molar refractivity (Wildman–Crippen MR) is 79.8 cm³/mol. The van der Waals surface area contributed by atoms with Gasteiger partial charge >= 0.3 is 0 Å². The van der Waals surface area contributed by atoms with Crippen molar-refractivity contribution in [3.63, 3.8) is 0 Å². The highest BCUT2D eigenvalue weighted by molar-refractivity contribution is 6.08. The maximum Gasteiger partial charge on any atom is 0.257 e. The molecule has 0 aliphatic rings. The van der Waals surface area contributed by atoms with Crippen LogP contribution in [0.2, 0.25) is 0 Å². The van der Waals surface area contributed by atoms with Crippen LogP contribution in [0.5, 0.6) is 0 Å². The van der Waals surface area contributed by atoms with Crippen LogP contribution in [0.1, 0.15) is 21.5 Å². The zero-order valence-corrected chi connectivity index (χ0v) is 11.8. The Balaban J connectivity index is 2.31. The van der Waals surface area contributed by atoms with E-state index in [1.54, 1.807) is 32.2 Å². The molecule has 2 aromatic carbocycles. The molecule has 0 saturated carbocycles. The number of hydrogen-bond donors (Lipinski definition) is 2. The molecule has 0 aliphatic heterocycles. The largest absolute Gasteiger partial charge is 0.387 e. The predicted octanol–water partition coefficient (Wildman–Crippen LogP) is 3.74. The van der Waals surface area contributed by atoms with Gasteiger partial charge in [-0.15, -0.1) is 0 Å². The minimum Gasteiger partial charge on any atom is -0.387 e. The molecule has 2 N–H and O–H groups in total. The average molecular weight is 272 g/mol. The van der Waals surface area contributed by atoms with Gasteiger partial charge in [0, 0.05) is 24.0 Å². The highest BCUT2D eigenvalue weighted by Gasteiger charge is 2.13. The lowest BCUT2D eigenvalue weighted by atomic mass is 10.1. The van der Waals surface area contributed by atoms with Gasteiger partial charge in [-0.2, -0.15) is 0 Å². The van der Waals surface area contributed by atoms with Crippen LogP contribution in [0.3, 0.4) is 0 Å². The van der Waals surface area contributed by atoms with Gasteiger partial charge in [0.15, 0.2) is 0 Å². The smallest absolute Gasteiger partial charge is 0.257 e. The van der Waals surface area contributed by atoms with Crippen molar-refractivity contribution in [2.45, 2.75) is 13.8 Å². The van der Waals surface area contributed by atoms with Gasteiger partial charge in [-0.25, -0.2) is 4.39 Å². The molecule has 0 radical (unpaired) electrons. The zero-order chi connectivity index (χ0) is 14.7. The SMILES string of the molecule is CNc1cc(C)ccc1C(=O)Nc1cccc(F)c1C. The van der Waals surface area contributed by atoms with Crippen LogP contribution < -0.4 is 10.6 Å². The van der Waals surface area contributed by atoms with Gasteiger partial charge < -0.3 is 10.6 Å². The molecule has 3 nitrogen and oxygen atoms in total. The van der Waals surface area contributed by atoms with Gasteiger partial charge in [-0.3, -0.25) is 4.79 Å². The molecule has 0 atom stereocenters. The summed E-state index contributed by atoms with van der Waals surface area (Å²) in [4.78, 5) is 12.3. The zero-order valence-electron chi connectivity index (χ0n) is 11.8. The standard InChI is InChI=1S/C16H17FN2O/c1-10-7-8-12(15(9-10)18-3)16(20)19-14-6-4-5-13(17)11(14)2/h4-9,18H,1-3H3,(H,19,20). The van der Waals surface area contributed by atoms with Gasteiger partial charge in [-0.05, 0) is 43.7 Å². The number of hydrogen-bond acceptors (Lipinski definition) is 2. The van der Waals surface area contributed by atoms with Crippen LogP contribution in [0, 0.1) is 19.7 Å². The molecule has 2 rings (SSSR count). The normalized spacial score (nSPS) is 10.2. The number of rotatable bonds is 3. The number of carbonyl (C=O) groups is 1. The third-order valence-corrected chi connectivity index (χ3v) is 3.20. The first-order valence-electron chi connectivity index (χ1n) is 6.38. The molecule has 20 heavy (non-hydrogen) atoms. The summed E-state index contributed by atoms with van der Waals surface area (Å²) < 4.78 is 13.5. The molecule has 0 bridgehead atoms. The molecule has 2 aromatic rings. The summed E-state index contributed by atoms with van der Waals surface area (Å²) >= 11 is 0. The number of aryl methyl sites for hydroxylation is 1. The van der Waals surface area contributed by atoms with E-state index < -0.39 is 0 Å². The quantitative estimate of drug-likeness (QED) is 0.893. The first-order chi connectivity index (χ1) is 9.52. The molecule has 1 amide bonds. The van der Waals surface area contributed by atoms with E-state index in [9.17, 15) is 9.18 Å². The number of halogens is 1. The Labute approximate surface area is 117 Å². The van der Waals surface area contributed by atoms with Crippen molar-refractivity contribution in [1.82, 2.24) is 0 Å². The van der Waals surface area contributed by atoms with E-state index in [0.717, 1.165) is 11.3 Å². The topological polar surface area (TPSA) is 41.1 Å². The Hall–Kier alpha value is -2.36. The van der Waals surface area contributed by atoms with Crippen molar-refractivity contribution in [2.24, 2.45) is 0 Å². The van der Waals surface area contributed by atoms with E-state index in [0.29, 0.717) is 16.8 Å². The van der Waals surface area contributed by atoms with Gasteiger partial charge in [0.2, 0.25) is 0 Å². The van der Waals surface area contributed by atoms with Crippen LogP contribution in [0.4, 0.5) is 15.8 Å². The van der Waals surface area contributed by atoms with Crippen molar-refractivity contribution in [1.29, 1.82) is 0 Å². The minimum atomic E-state index is -0.333. The molecule has 0 aliphatic carbocycles. The van der Waals surface area contributed by atoms with Crippen molar-refractivity contribution < 1.29 is 9.18 Å². The molecule has 0 spiro atoms. The lowest BCUT2D eigenvalue weighted by Gasteiger charge is -2.12.